The first-order valence-electron chi connectivity index (χ1n) is 9.88. The van der Waals surface area contributed by atoms with Crippen LogP contribution in [0.3, 0.4) is 0 Å². The van der Waals surface area contributed by atoms with Crippen LogP contribution >= 0.6 is 0 Å². The maximum Gasteiger partial charge on any atom is 0.190 e. The van der Waals surface area contributed by atoms with Crippen LogP contribution in [0.15, 0.2) is 35.3 Å². The van der Waals surface area contributed by atoms with E-state index in [9.17, 15) is 0 Å². The fourth-order valence-corrected chi connectivity index (χ4v) is 3.61. The molecule has 1 aromatic rings. The van der Waals surface area contributed by atoms with Crippen molar-refractivity contribution >= 4 is 5.96 Å². The monoisotopic (exact) mass is 344 g/mol. The van der Waals surface area contributed by atoms with Crippen molar-refractivity contribution in [2.75, 3.05) is 39.8 Å². The topological polar surface area (TPSA) is 39.7 Å². The molecule has 1 fully saturated rings. The lowest BCUT2D eigenvalue weighted by Gasteiger charge is -2.34. The van der Waals surface area contributed by atoms with E-state index in [-0.39, 0.29) is 0 Å². The van der Waals surface area contributed by atoms with Gasteiger partial charge in [0, 0.05) is 33.2 Å². The first-order chi connectivity index (χ1) is 12.2. The molecule has 4 nitrogen and oxygen atoms in total. The largest absolute Gasteiger partial charge is 0.356 e. The second-order valence-electron chi connectivity index (χ2n) is 7.63. The highest BCUT2D eigenvalue weighted by Gasteiger charge is 2.20. The van der Waals surface area contributed by atoms with E-state index in [4.69, 9.17) is 0 Å². The fourth-order valence-electron chi connectivity index (χ4n) is 3.61. The summed E-state index contributed by atoms with van der Waals surface area (Å²) in [6, 6.07) is 10.7. The van der Waals surface area contributed by atoms with Crippen LogP contribution in [0.1, 0.15) is 38.7 Å². The van der Waals surface area contributed by atoms with Crippen molar-refractivity contribution in [3.63, 3.8) is 0 Å². The van der Waals surface area contributed by atoms with Crippen molar-refractivity contribution < 1.29 is 0 Å². The number of guanidine groups is 1. The third kappa shape index (κ3) is 7.91. The summed E-state index contributed by atoms with van der Waals surface area (Å²) >= 11 is 0. The second kappa shape index (κ2) is 11.1. The van der Waals surface area contributed by atoms with Gasteiger partial charge in [-0.15, -0.1) is 0 Å². The molecule has 1 heterocycles. The second-order valence-corrected chi connectivity index (χ2v) is 7.63. The highest BCUT2D eigenvalue weighted by Crippen LogP contribution is 2.16. The van der Waals surface area contributed by atoms with E-state index in [2.05, 4.69) is 64.7 Å². The molecule has 25 heavy (non-hydrogen) atoms. The Morgan fingerprint density at radius 2 is 2.04 bits per heavy atom. The predicted molar refractivity (Wildman–Crippen MR) is 108 cm³/mol. The number of benzene rings is 1. The van der Waals surface area contributed by atoms with Gasteiger partial charge >= 0.3 is 0 Å². The summed E-state index contributed by atoms with van der Waals surface area (Å²) in [5.41, 5.74) is 1.40. The molecule has 1 saturated heterocycles. The molecule has 0 radical (unpaired) electrons. The molecule has 1 aliphatic heterocycles. The zero-order chi connectivity index (χ0) is 17.9. The van der Waals surface area contributed by atoms with E-state index in [0.717, 1.165) is 43.7 Å². The van der Waals surface area contributed by atoms with Gasteiger partial charge in [0.1, 0.15) is 0 Å². The lowest BCUT2D eigenvalue weighted by Crippen LogP contribution is -2.45. The SMILES string of the molecule is CN=C(NCCCc1ccccc1)NCC1CCCN(CC(C)C)C1. The highest BCUT2D eigenvalue weighted by molar-refractivity contribution is 5.79. The van der Waals surface area contributed by atoms with Gasteiger partial charge in [-0.2, -0.15) is 0 Å². The lowest BCUT2D eigenvalue weighted by atomic mass is 9.97. The van der Waals surface area contributed by atoms with Gasteiger partial charge in [-0.25, -0.2) is 0 Å². The zero-order valence-corrected chi connectivity index (χ0v) is 16.3. The van der Waals surface area contributed by atoms with Crippen molar-refractivity contribution in [2.45, 2.75) is 39.5 Å². The van der Waals surface area contributed by atoms with E-state index >= 15 is 0 Å². The molecule has 1 atom stereocenters. The summed E-state index contributed by atoms with van der Waals surface area (Å²) in [5.74, 6) is 2.43. The number of nitrogens with zero attached hydrogens (tertiary/aromatic N) is 2. The predicted octanol–water partition coefficient (Wildman–Crippen LogP) is 3.15. The van der Waals surface area contributed by atoms with Crippen LogP contribution in [0.25, 0.3) is 0 Å². The van der Waals surface area contributed by atoms with Gasteiger partial charge in [0.2, 0.25) is 0 Å². The minimum atomic E-state index is 0.732. The zero-order valence-electron chi connectivity index (χ0n) is 16.3. The fraction of sp³-hybridized carbons (Fsp3) is 0.667. The number of aryl methyl sites for hydroxylation is 1. The first-order valence-corrected chi connectivity index (χ1v) is 9.88. The number of piperidine rings is 1. The summed E-state index contributed by atoms with van der Waals surface area (Å²) in [6.07, 6.45) is 4.88. The van der Waals surface area contributed by atoms with E-state index in [1.165, 1.54) is 38.0 Å². The Balaban J connectivity index is 1.63. The van der Waals surface area contributed by atoms with Crippen LogP contribution < -0.4 is 10.6 Å². The normalized spacial score (nSPS) is 19.2. The van der Waals surface area contributed by atoms with Crippen LogP contribution in [0.4, 0.5) is 0 Å². The number of aliphatic imine (C=N–C) groups is 1. The van der Waals surface area contributed by atoms with Gasteiger partial charge < -0.3 is 15.5 Å². The average Bonchev–Trinajstić information content (AvgIpc) is 2.62. The minimum Gasteiger partial charge on any atom is -0.356 e. The Morgan fingerprint density at radius 3 is 2.76 bits per heavy atom. The van der Waals surface area contributed by atoms with Crippen LogP contribution in [0.2, 0.25) is 0 Å². The van der Waals surface area contributed by atoms with Crippen LogP contribution in [-0.4, -0.2) is 50.6 Å². The first kappa shape index (κ1) is 19.8. The summed E-state index contributed by atoms with van der Waals surface area (Å²) in [7, 11) is 1.86. The van der Waals surface area contributed by atoms with Crippen molar-refractivity contribution in [2.24, 2.45) is 16.8 Å². The van der Waals surface area contributed by atoms with Crippen LogP contribution in [-0.2, 0) is 6.42 Å². The highest BCUT2D eigenvalue weighted by atomic mass is 15.2. The quantitative estimate of drug-likeness (QED) is 0.432. The maximum atomic E-state index is 4.37. The molecule has 0 aliphatic carbocycles. The van der Waals surface area contributed by atoms with E-state index in [1.54, 1.807) is 0 Å². The van der Waals surface area contributed by atoms with E-state index in [1.807, 2.05) is 7.05 Å². The van der Waals surface area contributed by atoms with E-state index < -0.39 is 0 Å². The average molecular weight is 345 g/mol. The molecule has 140 valence electrons. The third-order valence-electron chi connectivity index (χ3n) is 4.79. The summed E-state index contributed by atoms with van der Waals surface area (Å²) in [6.45, 7) is 10.3. The molecule has 1 unspecified atom stereocenters. The Hall–Kier alpha value is -1.55. The molecule has 1 aromatic carbocycles. The van der Waals surface area contributed by atoms with Gasteiger partial charge in [-0.3, -0.25) is 4.99 Å². The van der Waals surface area contributed by atoms with Gasteiger partial charge in [0.15, 0.2) is 5.96 Å². The molecule has 4 heteroatoms. The molecule has 2 N–H and O–H groups in total. The van der Waals surface area contributed by atoms with Crippen molar-refractivity contribution in [3.8, 4) is 0 Å². The Labute approximate surface area is 154 Å². The van der Waals surface area contributed by atoms with Crippen LogP contribution in [0.5, 0.6) is 0 Å². The smallest absolute Gasteiger partial charge is 0.190 e. The number of likely N-dealkylation sites (tertiary alicyclic amines) is 1. The summed E-state index contributed by atoms with van der Waals surface area (Å²) < 4.78 is 0. The molecule has 0 saturated carbocycles. The van der Waals surface area contributed by atoms with Crippen molar-refractivity contribution in [1.82, 2.24) is 15.5 Å². The molecular weight excluding hydrogens is 308 g/mol. The molecule has 0 aromatic heterocycles. The number of hydrogen-bond acceptors (Lipinski definition) is 2. The maximum absolute atomic E-state index is 4.37. The number of rotatable bonds is 8. The molecule has 0 bridgehead atoms. The van der Waals surface area contributed by atoms with Gasteiger partial charge in [-0.1, -0.05) is 44.2 Å². The van der Waals surface area contributed by atoms with Gasteiger partial charge in [-0.05, 0) is 49.6 Å². The lowest BCUT2D eigenvalue weighted by molar-refractivity contribution is 0.159. The van der Waals surface area contributed by atoms with Gasteiger partial charge in [0.05, 0.1) is 0 Å². The minimum absolute atomic E-state index is 0.732. The number of nitrogens with one attached hydrogen (secondary N) is 2. The molecule has 2 rings (SSSR count). The van der Waals surface area contributed by atoms with Crippen LogP contribution in [0, 0.1) is 11.8 Å². The third-order valence-corrected chi connectivity index (χ3v) is 4.79. The van der Waals surface area contributed by atoms with Gasteiger partial charge in [0.25, 0.3) is 0 Å². The van der Waals surface area contributed by atoms with E-state index in [0.29, 0.717) is 0 Å². The van der Waals surface area contributed by atoms with Crippen molar-refractivity contribution in [3.05, 3.63) is 35.9 Å². The number of hydrogen-bond donors (Lipinski definition) is 2. The molecular formula is C21H36N4. The standard InChI is InChI=1S/C21H36N4/c1-18(2)16-25-14-8-12-20(17-25)15-24-21(22-3)23-13-7-11-19-9-5-4-6-10-19/h4-6,9-10,18,20H,7-8,11-17H2,1-3H3,(H2,22,23,24). The summed E-state index contributed by atoms with van der Waals surface area (Å²) in [4.78, 5) is 6.99. The molecule has 1 aliphatic rings. The Morgan fingerprint density at radius 1 is 1.24 bits per heavy atom. The molecule has 0 amide bonds. The Bertz CT molecular complexity index is 498. The molecule has 0 spiro atoms. The summed E-state index contributed by atoms with van der Waals surface area (Å²) in [5, 5.41) is 6.97. The van der Waals surface area contributed by atoms with Crippen molar-refractivity contribution in [1.29, 1.82) is 0 Å². The Kier molecular flexibility index (Phi) is 8.81.